The molecule has 0 spiro atoms. The minimum atomic E-state index is -0.983. The number of aromatic nitrogens is 1. The first-order valence-electron chi connectivity index (χ1n) is 5.56. The number of amides is 1. The second kappa shape index (κ2) is 5.54. The molecule has 0 radical (unpaired) electrons. The zero-order valence-corrected chi connectivity index (χ0v) is 12.0. The van der Waals surface area contributed by atoms with E-state index in [1.54, 1.807) is 6.07 Å². The lowest BCUT2D eigenvalue weighted by molar-refractivity contribution is 0.102. The van der Waals surface area contributed by atoms with Gasteiger partial charge in [-0.1, -0.05) is 0 Å². The Hall–Kier alpha value is -2.02. The second-order valence-electron chi connectivity index (χ2n) is 4.13. The number of hydrogen-bond acceptors (Lipinski definition) is 3. The van der Waals surface area contributed by atoms with Crippen LogP contribution in [0.2, 0.25) is 0 Å². The third kappa shape index (κ3) is 2.93. The predicted molar refractivity (Wildman–Crippen MR) is 75.4 cm³/mol. The molecular formula is C13H10BrF2N3O. The van der Waals surface area contributed by atoms with Gasteiger partial charge in [0, 0.05) is 16.7 Å². The molecule has 0 fully saturated rings. The Morgan fingerprint density at radius 1 is 1.30 bits per heavy atom. The number of nitrogens with one attached hydrogen (secondary N) is 1. The van der Waals surface area contributed by atoms with E-state index in [4.69, 9.17) is 5.73 Å². The summed E-state index contributed by atoms with van der Waals surface area (Å²) >= 11 is 3.28. The van der Waals surface area contributed by atoms with Gasteiger partial charge in [0.05, 0.1) is 11.3 Å². The normalized spacial score (nSPS) is 10.4. The first kappa shape index (κ1) is 14.4. The van der Waals surface area contributed by atoms with Crippen LogP contribution in [0.25, 0.3) is 0 Å². The highest BCUT2D eigenvalue weighted by molar-refractivity contribution is 9.10. The molecule has 7 heteroatoms. The van der Waals surface area contributed by atoms with Crippen molar-refractivity contribution in [1.82, 2.24) is 4.98 Å². The molecule has 20 heavy (non-hydrogen) atoms. The number of rotatable bonds is 2. The van der Waals surface area contributed by atoms with E-state index in [1.807, 2.05) is 6.92 Å². The highest BCUT2D eigenvalue weighted by Gasteiger charge is 2.15. The largest absolute Gasteiger partial charge is 0.396 e. The van der Waals surface area contributed by atoms with Crippen molar-refractivity contribution < 1.29 is 13.6 Å². The fourth-order valence-corrected chi connectivity index (χ4v) is 1.75. The Labute approximate surface area is 122 Å². The van der Waals surface area contributed by atoms with Crippen molar-refractivity contribution in [3.63, 3.8) is 0 Å². The summed E-state index contributed by atoms with van der Waals surface area (Å²) in [5, 5.41) is 2.42. The fraction of sp³-hybridized carbons (Fsp3) is 0.0769. The van der Waals surface area contributed by atoms with Gasteiger partial charge >= 0.3 is 0 Å². The Morgan fingerprint density at radius 2 is 2.00 bits per heavy atom. The van der Waals surface area contributed by atoms with Crippen molar-refractivity contribution in [2.45, 2.75) is 6.92 Å². The summed E-state index contributed by atoms with van der Waals surface area (Å²) in [5.41, 5.74) is 5.54. The van der Waals surface area contributed by atoms with Crippen LogP contribution in [-0.4, -0.2) is 10.9 Å². The maximum absolute atomic E-state index is 13.5. The van der Waals surface area contributed by atoms with Gasteiger partial charge in [-0.2, -0.15) is 0 Å². The van der Waals surface area contributed by atoms with Crippen molar-refractivity contribution in [1.29, 1.82) is 0 Å². The smallest absolute Gasteiger partial charge is 0.259 e. The lowest BCUT2D eigenvalue weighted by atomic mass is 10.1. The molecule has 1 heterocycles. The van der Waals surface area contributed by atoms with Crippen LogP contribution in [0.3, 0.4) is 0 Å². The van der Waals surface area contributed by atoms with E-state index in [0.717, 1.165) is 16.1 Å². The maximum atomic E-state index is 13.5. The third-order valence-corrected chi connectivity index (χ3v) is 3.45. The number of carbonyl (C=O) groups is 1. The standard InChI is InChI=1S/C13H10BrF2N3O/c1-6-2-12(18-5-8(6)14)19-13(20)7-3-11(17)10(16)4-9(7)15/h2-5H,17H2,1H3,(H,18,19,20). The van der Waals surface area contributed by atoms with Gasteiger partial charge in [-0.15, -0.1) is 0 Å². The molecule has 4 nitrogen and oxygen atoms in total. The average molecular weight is 342 g/mol. The van der Waals surface area contributed by atoms with Gasteiger partial charge in [0.2, 0.25) is 0 Å². The minimum Gasteiger partial charge on any atom is -0.396 e. The Balaban J connectivity index is 2.28. The minimum absolute atomic E-state index is 0.262. The number of nitrogen functional groups attached to an aromatic ring is 1. The van der Waals surface area contributed by atoms with E-state index in [9.17, 15) is 13.6 Å². The summed E-state index contributed by atoms with van der Waals surface area (Å²) in [6, 6.07) is 3.14. The summed E-state index contributed by atoms with van der Waals surface area (Å²) in [7, 11) is 0. The molecule has 1 aromatic carbocycles. The van der Waals surface area contributed by atoms with Crippen LogP contribution >= 0.6 is 15.9 Å². The number of halogens is 3. The van der Waals surface area contributed by atoms with Gasteiger partial charge in [0.25, 0.3) is 5.91 Å². The van der Waals surface area contributed by atoms with Crippen LogP contribution in [-0.2, 0) is 0 Å². The highest BCUT2D eigenvalue weighted by atomic mass is 79.9. The monoisotopic (exact) mass is 341 g/mol. The molecule has 1 amide bonds. The second-order valence-corrected chi connectivity index (χ2v) is 4.98. The van der Waals surface area contributed by atoms with Gasteiger partial charge < -0.3 is 11.1 Å². The van der Waals surface area contributed by atoms with Gasteiger partial charge in [-0.25, -0.2) is 13.8 Å². The molecule has 0 unspecified atom stereocenters. The van der Waals surface area contributed by atoms with E-state index < -0.39 is 17.5 Å². The number of hydrogen-bond donors (Lipinski definition) is 2. The van der Waals surface area contributed by atoms with Crippen LogP contribution in [0.15, 0.2) is 28.9 Å². The molecule has 0 aliphatic rings. The molecule has 0 saturated carbocycles. The van der Waals surface area contributed by atoms with Crippen LogP contribution in [0.4, 0.5) is 20.3 Å². The van der Waals surface area contributed by atoms with E-state index in [1.165, 1.54) is 6.20 Å². The lowest BCUT2D eigenvalue weighted by Gasteiger charge is -2.08. The quantitative estimate of drug-likeness (QED) is 0.823. The Kier molecular flexibility index (Phi) is 3.99. The number of anilines is 2. The van der Waals surface area contributed by atoms with Gasteiger partial charge in [0.15, 0.2) is 0 Å². The molecule has 0 aliphatic carbocycles. The van der Waals surface area contributed by atoms with Crippen LogP contribution < -0.4 is 11.1 Å². The van der Waals surface area contributed by atoms with E-state index in [0.29, 0.717) is 6.07 Å². The summed E-state index contributed by atoms with van der Waals surface area (Å²) in [6.07, 6.45) is 1.51. The number of nitrogens with two attached hydrogens (primary N) is 1. The van der Waals surface area contributed by atoms with Crippen molar-refractivity contribution in [2.24, 2.45) is 0 Å². The van der Waals surface area contributed by atoms with E-state index in [-0.39, 0.29) is 17.1 Å². The molecule has 104 valence electrons. The number of carbonyl (C=O) groups excluding carboxylic acids is 1. The zero-order chi connectivity index (χ0) is 14.9. The molecule has 0 saturated heterocycles. The average Bonchev–Trinajstić information content (AvgIpc) is 2.38. The summed E-state index contributed by atoms with van der Waals surface area (Å²) in [6.45, 7) is 1.82. The molecule has 0 bridgehead atoms. The summed E-state index contributed by atoms with van der Waals surface area (Å²) in [4.78, 5) is 15.9. The molecule has 1 aromatic heterocycles. The molecule has 2 aromatic rings. The lowest BCUT2D eigenvalue weighted by Crippen LogP contribution is -2.15. The molecule has 0 aliphatic heterocycles. The zero-order valence-electron chi connectivity index (χ0n) is 10.4. The molecule has 0 atom stereocenters. The summed E-state index contributed by atoms with van der Waals surface area (Å²) < 4.78 is 27.4. The molecular weight excluding hydrogens is 332 g/mol. The fourth-order valence-electron chi connectivity index (χ4n) is 1.53. The Morgan fingerprint density at radius 3 is 2.65 bits per heavy atom. The summed E-state index contributed by atoms with van der Waals surface area (Å²) in [5.74, 6) is -2.37. The van der Waals surface area contributed by atoms with Crippen molar-refractivity contribution >= 4 is 33.3 Å². The van der Waals surface area contributed by atoms with Crippen molar-refractivity contribution in [3.8, 4) is 0 Å². The molecule has 2 rings (SSSR count). The highest BCUT2D eigenvalue weighted by Crippen LogP contribution is 2.20. The number of pyridine rings is 1. The first-order valence-corrected chi connectivity index (χ1v) is 6.36. The van der Waals surface area contributed by atoms with Crippen LogP contribution in [0.5, 0.6) is 0 Å². The number of benzene rings is 1. The van der Waals surface area contributed by atoms with Crippen LogP contribution in [0.1, 0.15) is 15.9 Å². The first-order chi connectivity index (χ1) is 9.38. The van der Waals surface area contributed by atoms with Crippen molar-refractivity contribution in [2.75, 3.05) is 11.1 Å². The molecule has 3 N–H and O–H groups in total. The van der Waals surface area contributed by atoms with Gasteiger partial charge in [-0.05, 0) is 40.5 Å². The SMILES string of the molecule is Cc1cc(NC(=O)c2cc(N)c(F)cc2F)ncc1Br. The Bertz CT molecular complexity index is 692. The van der Waals surface area contributed by atoms with E-state index in [2.05, 4.69) is 26.2 Å². The number of aryl methyl sites for hydroxylation is 1. The topological polar surface area (TPSA) is 68.0 Å². The predicted octanol–water partition coefficient (Wildman–Crippen LogP) is 3.27. The van der Waals surface area contributed by atoms with Crippen LogP contribution in [0, 0.1) is 18.6 Å². The van der Waals surface area contributed by atoms with Gasteiger partial charge in [0.1, 0.15) is 17.5 Å². The third-order valence-electron chi connectivity index (χ3n) is 2.62. The van der Waals surface area contributed by atoms with E-state index >= 15 is 0 Å². The number of nitrogens with zero attached hydrogens (tertiary/aromatic N) is 1. The van der Waals surface area contributed by atoms with Gasteiger partial charge in [-0.3, -0.25) is 4.79 Å². The van der Waals surface area contributed by atoms with Crippen molar-refractivity contribution in [3.05, 3.63) is 51.6 Å². The maximum Gasteiger partial charge on any atom is 0.259 e.